The van der Waals surface area contributed by atoms with E-state index >= 15 is 0 Å². The Labute approximate surface area is 167 Å². The predicted octanol–water partition coefficient (Wildman–Crippen LogP) is 2.28. The molecule has 1 N–H and O–H groups in total. The van der Waals surface area contributed by atoms with Crippen molar-refractivity contribution in [3.63, 3.8) is 0 Å². The SMILES string of the molecule is CC(C)CNC(=O)COC(=O)c1ccc(S(=O)(=O)N2CC(C)CC(C)C2)cc1. The second-order valence-corrected chi connectivity index (χ2v) is 10.0. The van der Waals surface area contributed by atoms with Crippen LogP contribution in [-0.2, 0) is 19.6 Å². The number of benzene rings is 1. The summed E-state index contributed by atoms with van der Waals surface area (Å²) in [6.45, 7) is 9.18. The highest BCUT2D eigenvalue weighted by molar-refractivity contribution is 7.89. The summed E-state index contributed by atoms with van der Waals surface area (Å²) in [5.74, 6) is -0.0947. The Morgan fingerprint density at radius 1 is 1.14 bits per heavy atom. The number of carbonyl (C=O) groups excluding carboxylic acids is 2. The Bertz CT molecular complexity index is 779. The van der Waals surface area contributed by atoms with Gasteiger partial charge in [-0.3, -0.25) is 4.79 Å². The Balaban J connectivity index is 1.98. The van der Waals surface area contributed by atoms with Gasteiger partial charge in [-0.2, -0.15) is 4.31 Å². The molecule has 0 radical (unpaired) electrons. The molecular weight excluding hydrogens is 380 g/mol. The van der Waals surface area contributed by atoms with E-state index in [2.05, 4.69) is 19.2 Å². The highest BCUT2D eigenvalue weighted by Crippen LogP contribution is 2.26. The van der Waals surface area contributed by atoms with Crippen LogP contribution < -0.4 is 5.32 Å². The van der Waals surface area contributed by atoms with Crippen molar-refractivity contribution >= 4 is 21.9 Å². The molecule has 8 heteroatoms. The van der Waals surface area contributed by atoms with Gasteiger partial charge < -0.3 is 10.1 Å². The van der Waals surface area contributed by atoms with E-state index in [1.807, 2.05) is 13.8 Å². The van der Waals surface area contributed by atoms with Gasteiger partial charge in [-0.15, -0.1) is 0 Å². The summed E-state index contributed by atoms with van der Waals surface area (Å²) in [6.07, 6.45) is 1.02. The third-order valence-electron chi connectivity index (χ3n) is 4.60. The summed E-state index contributed by atoms with van der Waals surface area (Å²) in [6, 6.07) is 5.65. The lowest BCUT2D eigenvalue weighted by molar-refractivity contribution is -0.124. The lowest BCUT2D eigenvalue weighted by Crippen LogP contribution is -2.42. The lowest BCUT2D eigenvalue weighted by atomic mass is 9.94. The van der Waals surface area contributed by atoms with Crippen LogP contribution in [0.5, 0.6) is 0 Å². The molecule has 0 saturated carbocycles. The highest BCUT2D eigenvalue weighted by atomic mass is 32.2. The molecule has 28 heavy (non-hydrogen) atoms. The van der Waals surface area contributed by atoms with Crippen molar-refractivity contribution in [3.05, 3.63) is 29.8 Å². The average Bonchev–Trinajstić information content (AvgIpc) is 2.63. The normalized spacial score (nSPS) is 20.8. The zero-order valence-corrected chi connectivity index (χ0v) is 17.8. The first-order chi connectivity index (χ1) is 13.1. The topological polar surface area (TPSA) is 92.8 Å². The van der Waals surface area contributed by atoms with Crippen molar-refractivity contribution in [3.8, 4) is 0 Å². The molecule has 1 aromatic carbocycles. The highest BCUT2D eigenvalue weighted by Gasteiger charge is 2.31. The van der Waals surface area contributed by atoms with Gasteiger partial charge in [0.2, 0.25) is 10.0 Å². The second-order valence-electron chi connectivity index (χ2n) is 8.07. The smallest absolute Gasteiger partial charge is 0.338 e. The fraction of sp³-hybridized carbons (Fsp3) is 0.600. The quantitative estimate of drug-likeness (QED) is 0.696. The fourth-order valence-electron chi connectivity index (χ4n) is 3.30. The summed E-state index contributed by atoms with van der Waals surface area (Å²) < 4.78 is 32.2. The first-order valence-corrected chi connectivity index (χ1v) is 11.1. The molecule has 0 aromatic heterocycles. The minimum absolute atomic E-state index is 0.153. The van der Waals surface area contributed by atoms with Crippen LogP contribution in [0, 0.1) is 17.8 Å². The zero-order valence-electron chi connectivity index (χ0n) is 17.0. The second kappa shape index (κ2) is 9.52. The van der Waals surface area contributed by atoms with Crippen molar-refractivity contribution < 1.29 is 22.7 Å². The van der Waals surface area contributed by atoms with Crippen molar-refractivity contribution in [2.24, 2.45) is 17.8 Å². The number of nitrogens with zero attached hydrogens (tertiary/aromatic N) is 1. The molecule has 7 nitrogen and oxygen atoms in total. The molecule has 1 heterocycles. The Morgan fingerprint density at radius 2 is 1.71 bits per heavy atom. The minimum atomic E-state index is -3.59. The molecule has 1 aromatic rings. The number of hydrogen-bond acceptors (Lipinski definition) is 5. The number of piperidine rings is 1. The third kappa shape index (κ3) is 6.04. The van der Waals surface area contributed by atoms with E-state index in [0.717, 1.165) is 6.42 Å². The van der Waals surface area contributed by atoms with Crippen molar-refractivity contribution in [2.75, 3.05) is 26.2 Å². The number of esters is 1. The Morgan fingerprint density at radius 3 is 2.25 bits per heavy atom. The first kappa shape index (κ1) is 22.4. The van der Waals surface area contributed by atoms with Crippen LogP contribution in [0.1, 0.15) is 44.5 Å². The number of ether oxygens (including phenoxy) is 1. The van der Waals surface area contributed by atoms with Crippen LogP contribution in [0.3, 0.4) is 0 Å². The summed E-state index contributed by atoms with van der Waals surface area (Å²) in [5, 5.41) is 2.66. The van der Waals surface area contributed by atoms with Crippen molar-refractivity contribution in [1.82, 2.24) is 9.62 Å². The van der Waals surface area contributed by atoms with E-state index in [0.29, 0.717) is 37.4 Å². The molecule has 1 amide bonds. The van der Waals surface area contributed by atoms with E-state index in [1.165, 1.54) is 28.6 Å². The molecule has 1 saturated heterocycles. The van der Waals surface area contributed by atoms with Crippen LogP contribution >= 0.6 is 0 Å². The van der Waals surface area contributed by atoms with Crippen molar-refractivity contribution in [1.29, 1.82) is 0 Å². The molecule has 0 aliphatic carbocycles. The molecule has 1 aliphatic rings. The molecule has 1 aliphatic heterocycles. The zero-order chi connectivity index (χ0) is 20.9. The van der Waals surface area contributed by atoms with Gasteiger partial charge in [0.05, 0.1) is 10.5 Å². The number of sulfonamides is 1. The molecular formula is C20H30N2O5S. The minimum Gasteiger partial charge on any atom is -0.452 e. The van der Waals surface area contributed by atoms with E-state index in [1.54, 1.807) is 0 Å². The molecule has 0 spiro atoms. The molecule has 0 bridgehead atoms. The van der Waals surface area contributed by atoms with Gasteiger partial charge in [0.25, 0.3) is 5.91 Å². The molecule has 1 fully saturated rings. The maximum Gasteiger partial charge on any atom is 0.338 e. The van der Waals surface area contributed by atoms with Crippen LogP contribution in [-0.4, -0.2) is 50.8 Å². The van der Waals surface area contributed by atoms with Gasteiger partial charge in [0, 0.05) is 19.6 Å². The van der Waals surface area contributed by atoms with Gasteiger partial charge in [0.1, 0.15) is 0 Å². The summed E-state index contributed by atoms with van der Waals surface area (Å²) in [7, 11) is -3.59. The molecule has 2 rings (SSSR count). The monoisotopic (exact) mass is 410 g/mol. The Kier molecular flexibility index (Phi) is 7.60. The maximum absolute atomic E-state index is 12.9. The lowest BCUT2D eigenvalue weighted by Gasteiger charge is -2.34. The number of carbonyl (C=O) groups is 2. The van der Waals surface area contributed by atoms with Gasteiger partial charge in [-0.1, -0.05) is 27.7 Å². The largest absolute Gasteiger partial charge is 0.452 e. The Hall–Kier alpha value is -1.93. The number of hydrogen-bond donors (Lipinski definition) is 1. The van der Waals surface area contributed by atoms with Crippen LogP contribution in [0.15, 0.2) is 29.2 Å². The fourth-order valence-corrected chi connectivity index (χ4v) is 4.98. The van der Waals surface area contributed by atoms with E-state index in [-0.39, 0.29) is 23.0 Å². The molecule has 156 valence electrons. The van der Waals surface area contributed by atoms with Gasteiger partial charge in [0.15, 0.2) is 6.61 Å². The van der Waals surface area contributed by atoms with Gasteiger partial charge >= 0.3 is 5.97 Å². The summed E-state index contributed by atoms with van der Waals surface area (Å²) in [4.78, 5) is 23.9. The van der Waals surface area contributed by atoms with Crippen LogP contribution in [0.25, 0.3) is 0 Å². The molecule has 2 atom stereocenters. The van der Waals surface area contributed by atoms with Gasteiger partial charge in [-0.05, 0) is 48.4 Å². The predicted molar refractivity (Wildman–Crippen MR) is 106 cm³/mol. The number of nitrogens with one attached hydrogen (secondary N) is 1. The van der Waals surface area contributed by atoms with Crippen molar-refractivity contribution in [2.45, 2.75) is 39.0 Å². The van der Waals surface area contributed by atoms with E-state index in [9.17, 15) is 18.0 Å². The summed E-state index contributed by atoms with van der Waals surface area (Å²) in [5.41, 5.74) is 0.205. The average molecular weight is 411 g/mol. The van der Waals surface area contributed by atoms with Gasteiger partial charge in [-0.25, -0.2) is 13.2 Å². The number of rotatable bonds is 7. The number of amides is 1. The molecule has 2 unspecified atom stereocenters. The third-order valence-corrected chi connectivity index (χ3v) is 6.45. The van der Waals surface area contributed by atoms with Crippen LogP contribution in [0.4, 0.5) is 0 Å². The van der Waals surface area contributed by atoms with E-state index in [4.69, 9.17) is 4.74 Å². The van der Waals surface area contributed by atoms with Crippen LogP contribution in [0.2, 0.25) is 0 Å². The standard InChI is InChI=1S/C20H30N2O5S/c1-14(2)10-21-19(23)13-27-20(24)17-5-7-18(8-6-17)28(25,26)22-11-15(3)9-16(4)12-22/h5-8,14-16H,9-13H2,1-4H3,(H,21,23). The first-order valence-electron chi connectivity index (χ1n) is 9.63. The summed E-state index contributed by atoms with van der Waals surface area (Å²) >= 11 is 0. The van der Waals surface area contributed by atoms with E-state index < -0.39 is 16.0 Å². The maximum atomic E-state index is 12.9.